The Balaban J connectivity index is 2.04. The van der Waals surface area contributed by atoms with Gasteiger partial charge in [0.2, 0.25) is 0 Å². The maximum Gasteiger partial charge on any atom is 0.135 e. The van der Waals surface area contributed by atoms with E-state index < -0.39 is 5.41 Å². The molecule has 1 aliphatic rings. The van der Waals surface area contributed by atoms with Crippen molar-refractivity contribution < 1.29 is 10.2 Å². The fourth-order valence-corrected chi connectivity index (χ4v) is 5.55. The molecular formula is C25H14Cl4O2. The van der Waals surface area contributed by atoms with Crippen molar-refractivity contribution in [2.75, 3.05) is 0 Å². The minimum atomic E-state index is -0.962. The molecule has 0 saturated heterocycles. The van der Waals surface area contributed by atoms with Gasteiger partial charge in [0, 0.05) is 0 Å². The molecule has 0 aliphatic heterocycles. The van der Waals surface area contributed by atoms with Crippen LogP contribution in [0.15, 0.2) is 72.8 Å². The van der Waals surface area contributed by atoms with Crippen LogP contribution in [0.25, 0.3) is 11.1 Å². The van der Waals surface area contributed by atoms with Gasteiger partial charge in [0.25, 0.3) is 0 Å². The third kappa shape index (κ3) is 2.73. The molecule has 0 bridgehead atoms. The molecule has 2 N–H and O–H groups in total. The quantitative estimate of drug-likeness (QED) is 0.264. The summed E-state index contributed by atoms with van der Waals surface area (Å²) in [6.07, 6.45) is 0. The van der Waals surface area contributed by atoms with E-state index in [1.807, 2.05) is 48.5 Å². The summed E-state index contributed by atoms with van der Waals surface area (Å²) in [4.78, 5) is 0. The van der Waals surface area contributed by atoms with Crippen LogP contribution in [0, 0.1) is 0 Å². The van der Waals surface area contributed by atoms with E-state index in [0.29, 0.717) is 11.1 Å². The lowest BCUT2D eigenvalue weighted by atomic mass is 9.67. The van der Waals surface area contributed by atoms with Gasteiger partial charge in [-0.3, -0.25) is 0 Å². The highest BCUT2D eigenvalue weighted by atomic mass is 35.5. The first kappa shape index (κ1) is 20.5. The second-order valence-electron chi connectivity index (χ2n) is 7.36. The summed E-state index contributed by atoms with van der Waals surface area (Å²) in [7, 11) is 0. The molecule has 31 heavy (non-hydrogen) atoms. The van der Waals surface area contributed by atoms with E-state index in [0.717, 1.165) is 22.3 Å². The summed E-state index contributed by atoms with van der Waals surface area (Å²) in [6.45, 7) is 0. The molecule has 0 saturated carbocycles. The van der Waals surface area contributed by atoms with Crippen molar-refractivity contribution in [3.63, 3.8) is 0 Å². The fourth-order valence-electron chi connectivity index (χ4n) is 4.62. The van der Waals surface area contributed by atoms with E-state index in [1.54, 1.807) is 12.1 Å². The van der Waals surface area contributed by atoms with Crippen LogP contribution in [0.3, 0.4) is 0 Å². The van der Waals surface area contributed by atoms with Gasteiger partial charge in [0.15, 0.2) is 0 Å². The molecule has 0 atom stereocenters. The molecule has 6 heteroatoms. The van der Waals surface area contributed by atoms with E-state index in [4.69, 9.17) is 46.4 Å². The molecule has 0 radical (unpaired) electrons. The number of hydrogen-bond acceptors (Lipinski definition) is 2. The Labute approximate surface area is 199 Å². The summed E-state index contributed by atoms with van der Waals surface area (Å²) < 4.78 is 0. The van der Waals surface area contributed by atoms with Gasteiger partial charge in [0.05, 0.1) is 15.5 Å². The lowest BCUT2D eigenvalue weighted by molar-refractivity contribution is 0.475. The normalized spacial score (nSPS) is 13.7. The standard InChI is InChI=1S/C25H14Cl4O2/c26-21-17(9-11-19(30)23(21)28)25(18-10-12-20(31)24(29)22(18)27)15-7-3-1-5-13(15)14-6-2-4-8-16(14)25/h1-12,30-31H. The number of aromatic hydroxyl groups is 2. The van der Waals surface area contributed by atoms with Crippen molar-refractivity contribution in [2.24, 2.45) is 0 Å². The predicted molar refractivity (Wildman–Crippen MR) is 127 cm³/mol. The summed E-state index contributed by atoms with van der Waals surface area (Å²) in [5.41, 5.74) is 4.29. The minimum Gasteiger partial charge on any atom is -0.506 e. The molecular weight excluding hydrogens is 474 g/mol. The van der Waals surface area contributed by atoms with E-state index in [-0.39, 0.29) is 31.6 Å². The van der Waals surface area contributed by atoms with E-state index in [9.17, 15) is 10.2 Å². The van der Waals surface area contributed by atoms with Gasteiger partial charge in [-0.1, -0.05) is 107 Å². The first-order chi connectivity index (χ1) is 14.9. The van der Waals surface area contributed by atoms with Gasteiger partial charge >= 0.3 is 0 Å². The summed E-state index contributed by atoms with van der Waals surface area (Å²) in [5, 5.41) is 20.8. The number of benzene rings is 4. The Kier molecular flexibility index (Phi) is 4.87. The molecule has 4 aromatic rings. The lowest BCUT2D eigenvalue weighted by Crippen LogP contribution is -2.29. The monoisotopic (exact) mass is 486 g/mol. The van der Waals surface area contributed by atoms with Crippen LogP contribution in [-0.4, -0.2) is 10.2 Å². The molecule has 0 amide bonds. The highest BCUT2D eigenvalue weighted by Gasteiger charge is 2.48. The summed E-state index contributed by atoms with van der Waals surface area (Å²) in [6, 6.07) is 22.5. The lowest BCUT2D eigenvalue weighted by Gasteiger charge is -2.35. The third-order valence-corrected chi connectivity index (χ3v) is 7.63. The molecule has 0 unspecified atom stereocenters. The van der Waals surface area contributed by atoms with Gasteiger partial charge in [-0.05, 0) is 45.5 Å². The second-order valence-corrected chi connectivity index (χ2v) is 8.87. The molecule has 0 aromatic heterocycles. The van der Waals surface area contributed by atoms with Gasteiger partial charge < -0.3 is 10.2 Å². The Morgan fingerprint density at radius 2 is 0.839 bits per heavy atom. The molecule has 2 nitrogen and oxygen atoms in total. The van der Waals surface area contributed by atoms with Crippen LogP contribution >= 0.6 is 46.4 Å². The number of fused-ring (bicyclic) bond motifs is 3. The zero-order valence-corrected chi connectivity index (χ0v) is 18.9. The summed E-state index contributed by atoms with van der Waals surface area (Å²) in [5.74, 6) is -0.222. The van der Waals surface area contributed by atoms with E-state index in [1.165, 1.54) is 12.1 Å². The van der Waals surface area contributed by atoms with Crippen LogP contribution in [-0.2, 0) is 5.41 Å². The first-order valence-corrected chi connectivity index (χ1v) is 10.9. The maximum atomic E-state index is 10.2. The Hall–Kier alpha value is -2.36. The van der Waals surface area contributed by atoms with E-state index >= 15 is 0 Å². The van der Waals surface area contributed by atoms with Crippen molar-refractivity contribution in [1.82, 2.24) is 0 Å². The zero-order chi connectivity index (χ0) is 21.9. The van der Waals surface area contributed by atoms with E-state index in [2.05, 4.69) is 0 Å². The highest BCUT2D eigenvalue weighted by Crippen LogP contribution is 2.60. The summed E-state index contributed by atoms with van der Waals surface area (Å²) >= 11 is 26.3. The van der Waals surface area contributed by atoms with Crippen LogP contribution in [0.1, 0.15) is 22.3 Å². The van der Waals surface area contributed by atoms with Gasteiger partial charge in [0.1, 0.15) is 21.5 Å². The Bertz CT molecular complexity index is 1260. The molecule has 154 valence electrons. The first-order valence-electron chi connectivity index (χ1n) is 9.43. The molecule has 0 fully saturated rings. The van der Waals surface area contributed by atoms with Crippen LogP contribution in [0.2, 0.25) is 20.1 Å². The average Bonchev–Trinajstić information content (AvgIpc) is 3.07. The topological polar surface area (TPSA) is 40.5 Å². The Morgan fingerprint density at radius 3 is 1.26 bits per heavy atom. The van der Waals surface area contributed by atoms with Gasteiger partial charge in [-0.15, -0.1) is 0 Å². The van der Waals surface area contributed by atoms with Gasteiger partial charge in [-0.25, -0.2) is 0 Å². The van der Waals surface area contributed by atoms with Crippen molar-refractivity contribution in [2.45, 2.75) is 5.41 Å². The number of rotatable bonds is 2. The molecule has 0 spiro atoms. The van der Waals surface area contributed by atoms with Crippen molar-refractivity contribution in [3.05, 3.63) is 115 Å². The Morgan fingerprint density at radius 1 is 0.452 bits per heavy atom. The maximum absolute atomic E-state index is 10.2. The molecule has 4 aromatic carbocycles. The average molecular weight is 488 g/mol. The SMILES string of the molecule is Oc1ccc(C2(c3ccc(O)c(Cl)c3Cl)c3ccccc3-c3ccccc32)c(Cl)c1Cl. The number of phenols is 2. The second kappa shape index (κ2) is 7.36. The number of halogens is 4. The van der Waals surface area contributed by atoms with Crippen LogP contribution < -0.4 is 0 Å². The fraction of sp³-hybridized carbons (Fsp3) is 0.0400. The van der Waals surface area contributed by atoms with Crippen LogP contribution in [0.5, 0.6) is 11.5 Å². The van der Waals surface area contributed by atoms with Crippen molar-refractivity contribution in [3.8, 4) is 22.6 Å². The largest absolute Gasteiger partial charge is 0.506 e. The van der Waals surface area contributed by atoms with Crippen molar-refractivity contribution >= 4 is 46.4 Å². The van der Waals surface area contributed by atoms with Crippen LogP contribution in [0.4, 0.5) is 0 Å². The zero-order valence-electron chi connectivity index (χ0n) is 15.8. The molecule has 0 heterocycles. The van der Waals surface area contributed by atoms with Gasteiger partial charge in [-0.2, -0.15) is 0 Å². The number of phenolic OH excluding ortho intramolecular Hbond substituents is 2. The smallest absolute Gasteiger partial charge is 0.135 e. The van der Waals surface area contributed by atoms with Crippen molar-refractivity contribution in [1.29, 1.82) is 0 Å². The predicted octanol–water partition coefficient (Wildman–Crippen LogP) is 8.07. The minimum absolute atomic E-state index is 0.0569. The number of hydrogen-bond donors (Lipinski definition) is 2. The highest BCUT2D eigenvalue weighted by molar-refractivity contribution is 6.44. The molecule has 1 aliphatic carbocycles. The molecule has 5 rings (SSSR count). The third-order valence-electron chi connectivity index (χ3n) is 5.88.